The van der Waals surface area contributed by atoms with Crippen LogP contribution in [0.1, 0.15) is 18.1 Å². The Bertz CT molecular complexity index is 491. The van der Waals surface area contributed by atoms with Gasteiger partial charge in [-0.3, -0.25) is 4.98 Å². The highest BCUT2D eigenvalue weighted by Crippen LogP contribution is 2.26. The van der Waals surface area contributed by atoms with Gasteiger partial charge in [-0.1, -0.05) is 6.92 Å². The number of aryl methyl sites for hydroxylation is 2. The van der Waals surface area contributed by atoms with Gasteiger partial charge in [0, 0.05) is 17.6 Å². The largest absolute Gasteiger partial charge is 0.496 e. The summed E-state index contributed by atoms with van der Waals surface area (Å²) in [5, 5.41) is 1.22. The van der Waals surface area contributed by atoms with Gasteiger partial charge in [0.1, 0.15) is 5.75 Å². The van der Waals surface area contributed by atoms with Crippen LogP contribution in [0.15, 0.2) is 24.4 Å². The van der Waals surface area contributed by atoms with E-state index >= 15 is 0 Å². The third kappa shape index (κ3) is 1.67. The number of hydrogen-bond acceptors (Lipinski definition) is 2. The topological polar surface area (TPSA) is 22.1 Å². The Balaban J connectivity index is 2.75. The van der Waals surface area contributed by atoms with E-state index in [2.05, 4.69) is 24.9 Å². The molecule has 0 spiro atoms. The SMILES string of the molecule is CCc1cc2c(C)ccnc2cc1OC. The Kier molecular flexibility index (Phi) is 2.58. The van der Waals surface area contributed by atoms with Crippen molar-refractivity contribution in [2.24, 2.45) is 0 Å². The van der Waals surface area contributed by atoms with E-state index in [1.54, 1.807) is 7.11 Å². The van der Waals surface area contributed by atoms with Crippen LogP contribution in [-0.4, -0.2) is 12.1 Å². The minimum atomic E-state index is 0.933. The van der Waals surface area contributed by atoms with Crippen LogP contribution in [-0.2, 0) is 6.42 Å². The lowest BCUT2D eigenvalue weighted by molar-refractivity contribution is 0.410. The number of rotatable bonds is 2. The number of nitrogens with zero attached hydrogens (tertiary/aromatic N) is 1. The number of pyridine rings is 1. The maximum Gasteiger partial charge on any atom is 0.124 e. The molecule has 1 aromatic carbocycles. The van der Waals surface area contributed by atoms with Crippen LogP contribution in [0.3, 0.4) is 0 Å². The van der Waals surface area contributed by atoms with Crippen LogP contribution >= 0.6 is 0 Å². The van der Waals surface area contributed by atoms with Gasteiger partial charge < -0.3 is 4.74 Å². The molecule has 0 aliphatic rings. The molecule has 0 amide bonds. The Hall–Kier alpha value is -1.57. The fourth-order valence-corrected chi connectivity index (χ4v) is 1.82. The van der Waals surface area contributed by atoms with Crippen molar-refractivity contribution in [2.75, 3.05) is 7.11 Å². The van der Waals surface area contributed by atoms with Gasteiger partial charge in [0.05, 0.1) is 12.6 Å². The highest BCUT2D eigenvalue weighted by atomic mass is 16.5. The van der Waals surface area contributed by atoms with E-state index in [1.165, 1.54) is 16.5 Å². The van der Waals surface area contributed by atoms with Gasteiger partial charge >= 0.3 is 0 Å². The first-order valence-corrected chi connectivity index (χ1v) is 5.18. The fourth-order valence-electron chi connectivity index (χ4n) is 1.82. The van der Waals surface area contributed by atoms with E-state index < -0.39 is 0 Å². The summed E-state index contributed by atoms with van der Waals surface area (Å²) in [6, 6.07) is 6.23. The zero-order chi connectivity index (χ0) is 10.8. The molecule has 1 heterocycles. The minimum Gasteiger partial charge on any atom is -0.496 e. The van der Waals surface area contributed by atoms with E-state index in [0.29, 0.717) is 0 Å². The molecule has 0 aliphatic heterocycles. The van der Waals surface area contributed by atoms with Crippen LogP contribution in [0.25, 0.3) is 10.9 Å². The van der Waals surface area contributed by atoms with Crippen LogP contribution in [0.4, 0.5) is 0 Å². The average Bonchev–Trinajstić information content (AvgIpc) is 2.28. The summed E-state index contributed by atoms with van der Waals surface area (Å²) in [5.41, 5.74) is 3.50. The van der Waals surface area contributed by atoms with E-state index in [-0.39, 0.29) is 0 Å². The van der Waals surface area contributed by atoms with Crippen molar-refractivity contribution in [1.29, 1.82) is 0 Å². The molecule has 78 valence electrons. The molecular formula is C13H15NO. The second-order valence-electron chi connectivity index (χ2n) is 3.66. The van der Waals surface area contributed by atoms with Gasteiger partial charge in [0.15, 0.2) is 0 Å². The average molecular weight is 201 g/mol. The first-order chi connectivity index (χ1) is 7.26. The maximum absolute atomic E-state index is 5.34. The molecule has 2 heteroatoms. The summed E-state index contributed by atoms with van der Waals surface area (Å²) in [6.45, 7) is 4.24. The zero-order valence-corrected chi connectivity index (χ0v) is 9.37. The van der Waals surface area contributed by atoms with E-state index in [9.17, 15) is 0 Å². The number of aromatic nitrogens is 1. The summed E-state index contributed by atoms with van der Waals surface area (Å²) in [6.07, 6.45) is 2.82. The van der Waals surface area contributed by atoms with Crippen LogP contribution in [0.2, 0.25) is 0 Å². The summed E-state index contributed by atoms with van der Waals surface area (Å²) in [5.74, 6) is 0.933. The molecule has 0 saturated carbocycles. The van der Waals surface area contributed by atoms with Crippen LogP contribution in [0, 0.1) is 6.92 Å². The molecule has 1 aromatic heterocycles. The van der Waals surface area contributed by atoms with Gasteiger partial charge in [0.25, 0.3) is 0 Å². The van der Waals surface area contributed by atoms with Gasteiger partial charge in [0.2, 0.25) is 0 Å². The van der Waals surface area contributed by atoms with E-state index in [1.807, 2.05) is 18.3 Å². The molecule has 0 saturated heterocycles. The lowest BCUT2D eigenvalue weighted by Gasteiger charge is -2.09. The number of methoxy groups -OCH3 is 1. The third-order valence-corrected chi connectivity index (χ3v) is 2.74. The molecular weight excluding hydrogens is 186 g/mol. The third-order valence-electron chi connectivity index (χ3n) is 2.74. The van der Waals surface area contributed by atoms with Gasteiger partial charge in [-0.25, -0.2) is 0 Å². The quantitative estimate of drug-likeness (QED) is 0.744. The Labute approximate surface area is 89.9 Å². The number of fused-ring (bicyclic) bond motifs is 1. The summed E-state index contributed by atoms with van der Waals surface area (Å²) in [7, 11) is 1.70. The molecule has 0 bridgehead atoms. The van der Waals surface area contributed by atoms with E-state index in [0.717, 1.165) is 17.7 Å². The zero-order valence-electron chi connectivity index (χ0n) is 9.37. The van der Waals surface area contributed by atoms with Crippen LogP contribution < -0.4 is 4.74 Å². The predicted octanol–water partition coefficient (Wildman–Crippen LogP) is 3.11. The van der Waals surface area contributed by atoms with Gasteiger partial charge in [-0.05, 0) is 36.6 Å². The Morgan fingerprint density at radius 3 is 2.80 bits per heavy atom. The first kappa shape index (κ1) is 9.97. The fraction of sp³-hybridized carbons (Fsp3) is 0.308. The lowest BCUT2D eigenvalue weighted by Crippen LogP contribution is -1.92. The molecule has 0 aliphatic carbocycles. The number of benzene rings is 1. The monoisotopic (exact) mass is 201 g/mol. The van der Waals surface area contributed by atoms with Gasteiger partial charge in [-0.15, -0.1) is 0 Å². The molecule has 2 rings (SSSR count). The van der Waals surface area contributed by atoms with Crippen molar-refractivity contribution in [2.45, 2.75) is 20.3 Å². The van der Waals surface area contributed by atoms with Crippen molar-refractivity contribution < 1.29 is 4.74 Å². The maximum atomic E-state index is 5.34. The highest BCUT2D eigenvalue weighted by Gasteiger charge is 2.05. The summed E-state index contributed by atoms with van der Waals surface area (Å²) in [4.78, 5) is 4.35. The highest BCUT2D eigenvalue weighted by molar-refractivity contribution is 5.84. The standard InChI is InChI=1S/C13H15NO/c1-4-10-7-11-9(2)5-6-14-12(11)8-13(10)15-3/h5-8H,4H2,1-3H3. The second kappa shape index (κ2) is 3.89. The Morgan fingerprint density at radius 2 is 2.13 bits per heavy atom. The van der Waals surface area contributed by atoms with Gasteiger partial charge in [-0.2, -0.15) is 0 Å². The predicted molar refractivity (Wildman–Crippen MR) is 62.4 cm³/mol. The molecule has 0 atom stereocenters. The molecule has 15 heavy (non-hydrogen) atoms. The normalized spacial score (nSPS) is 10.6. The first-order valence-electron chi connectivity index (χ1n) is 5.18. The minimum absolute atomic E-state index is 0.933. The van der Waals surface area contributed by atoms with Crippen molar-refractivity contribution in [3.05, 3.63) is 35.5 Å². The molecule has 0 unspecified atom stereocenters. The molecule has 0 radical (unpaired) electrons. The molecule has 0 N–H and O–H groups in total. The lowest BCUT2D eigenvalue weighted by atomic mass is 10.0. The van der Waals surface area contributed by atoms with Crippen molar-refractivity contribution in [3.63, 3.8) is 0 Å². The molecule has 2 aromatic rings. The van der Waals surface area contributed by atoms with Crippen molar-refractivity contribution in [1.82, 2.24) is 4.98 Å². The van der Waals surface area contributed by atoms with Crippen LogP contribution in [0.5, 0.6) is 5.75 Å². The second-order valence-corrected chi connectivity index (χ2v) is 3.66. The number of hydrogen-bond donors (Lipinski definition) is 0. The smallest absolute Gasteiger partial charge is 0.124 e. The van der Waals surface area contributed by atoms with E-state index in [4.69, 9.17) is 4.74 Å². The summed E-state index contributed by atoms with van der Waals surface area (Å²) < 4.78 is 5.34. The summed E-state index contributed by atoms with van der Waals surface area (Å²) >= 11 is 0. The Morgan fingerprint density at radius 1 is 1.33 bits per heavy atom. The molecule has 0 fully saturated rings. The number of ether oxygens (including phenoxy) is 1. The molecule has 2 nitrogen and oxygen atoms in total. The van der Waals surface area contributed by atoms with Crippen molar-refractivity contribution >= 4 is 10.9 Å². The van der Waals surface area contributed by atoms with Crippen molar-refractivity contribution in [3.8, 4) is 5.75 Å².